The van der Waals surface area contributed by atoms with Crippen LogP contribution < -0.4 is 16.1 Å². The number of hydrogen-bond acceptors (Lipinski definition) is 6. The number of piperazine rings is 1. The Morgan fingerprint density at radius 3 is 2.96 bits per heavy atom. The molecule has 3 rings (SSSR count). The second-order valence-corrected chi connectivity index (χ2v) is 6.04. The molecule has 1 aromatic carbocycles. The average molecular weight is 329 g/mol. The fourth-order valence-electron chi connectivity index (χ4n) is 3.31. The predicted octanol–water partition coefficient (Wildman–Crippen LogP) is 1.34. The number of benzene rings is 1. The van der Waals surface area contributed by atoms with Gasteiger partial charge in [-0.1, -0.05) is 0 Å². The lowest BCUT2D eigenvalue weighted by Gasteiger charge is -2.38. The SMILES string of the molecule is N#C/C(=N\Nc1ccc(N2CCN3CCCC3C2)c(F)c1)C(=N)N. The van der Waals surface area contributed by atoms with Crippen molar-refractivity contribution >= 4 is 22.9 Å². The first-order valence-electron chi connectivity index (χ1n) is 7.95. The summed E-state index contributed by atoms with van der Waals surface area (Å²) in [7, 11) is 0. The standard InChI is InChI=1S/C16H20FN7/c17-13-8-11(21-22-14(9-18)16(19)20)3-4-15(13)24-7-6-23-5-1-2-12(23)10-24/h3-4,8,12,21H,1-2,5-7,10H2,(H3,19,20)/b22-14+. The Labute approximate surface area is 140 Å². The number of hydrazone groups is 1. The van der Waals surface area contributed by atoms with Gasteiger partial charge < -0.3 is 10.6 Å². The molecule has 0 spiro atoms. The summed E-state index contributed by atoms with van der Waals surface area (Å²) in [4.78, 5) is 4.56. The number of nitriles is 1. The molecule has 2 heterocycles. The van der Waals surface area contributed by atoms with Crippen LogP contribution in [0.1, 0.15) is 12.8 Å². The van der Waals surface area contributed by atoms with Gasteiger partial charge in [-0.15, -0.1) is 0 Å². The molecule has 0 radical (unpaired) electrons. The monoisotopic (exact) mass is 329 g/mol. The normalized spacial score (nSPS) is 21.2. The third kappa shape index (κ3) is 3.31. The fraction of sp³-hybridized carbons (Fsp3) is 0.438. The third-order valence-electron chi connectivity index (χ3n) is 4.53. The summed E-state index contributed by atoms with van der Waals surface area (Å²) in [5, 5.41) is 19.7. The van der Waals surface area contributed by atoms with Gasteiger partial charge in [0.25, 0.3) is 0 Å². The Hall–Kier alpha value is -2.66. The molecule has 8 heteroatoms. The quantitative estimate of drug-likeness (QED) is 0.439. The molecule has 2 fully saturated rings. The van der Waals surface area contributed by atoms with Gasteiger partial charge in [0.2, 0.25) is 5.71 Å². The van der Waals surface area contributed by atoms with E-state index >= 15 is 0 Å². The van der Waals surface area contributed by atoms with Crippen molar-refractivity contribution in [2.75, 3.05) is 36.5 Å². The number of anilines is 2. The maximum absolute atomic E-state index is 14.5. The van der Waals surface area contributed by atoms with Crippen LogP contribution in [-0.4, -0.2) is 48.7 Å². The van der Waals surface area contributed by atoms with Crippen LogP contribution >= 0.6 is 0 Å². The van der Waals surface area contributed by atoms with E-state index in [1.807, 2.05) is 0 Å². The van der Waals surface area contributed by atoms with Crippen LogP contribution in [0.5, 0.6) is 0 Å². The maximum atomic E-state index is 14.5. The zero-order valence-electron chi connectivity index (χ0n) is 13.3. The molecule has 2 aliphatic rings. The summed E-state index contributed by atoms with van der Waals surface area (Å²) < 4.78 is 14.5. The average Bonchev–Trinajstić information content (AvgIpc) is 3.02. The Kier molecular flexibility index (Phi) is 4.62. The molecule has 0 aliphatic carbocycles. The molecule has 7 nitrogen and oxygen atoms in total. The summed E-state index contributed by atoms with van der Waals surface area (Å²) in [6.07, 6.45) is 2.40. The van der Waals surface area contributed by atoms with E-state index in [0.717, 1.165) is 26.2 Å². The van der Waals surface area contributed by atoms with Gasteiger partial charge in [-0.3, -0.25) is 15.7 Å². The van der Waals surface area contributed by atoms with Crippen LogP contribution in [0.4, 0.5) is 15.8 Å². The van der Waals surface area contributed by atoms with Crippen LogP contribution in [0.15, 0.2) is 23.3 Å². The highest BCUT2D eigenvalue weighted by molar-refractivity contribution is 6.45. The van der Waals surface area contributed by atoms with E-state index in [4.69, 9.17) is 16.4 Å². The van der Waals surface area contributed by atoms with Gasteiger partial charge in [-0.2, -0.15) is 10.4 Å². The van der Waals surface area contributed by atoms with Crippen molar-refractivity contribution in [1.29, 1.82) is 10.7 Å². The third-order valence-corrected chi connectivity index (χ3v) is 4.53. The summed E-state index contributed by atoms with van der Waals surface area (Å²) in [6.45, 7) is 3.80. The Morgan fingerprint density at radius 2 is 2.25 bits per heavy atom. The minimum absolute atomic E-state index is 0.239. The molecule has 0 amide bonds. The van der Waals surface area contributed by atoms with Gasteiger partial charge in [0.05, 0.1) is 11.4 Å². The molecule has 24 heavy (non-hydrogen) atoms. The van der Waals surface area contributed by atoms with Crippen LogP contribution in [0.25, 0.3) is 0 Å². The Balaban J connectivity index is 1.71. The minimum atomic E-state index is -0.434. The van der Waals surface area contributed by atoms with Crippen molar-refractivity contribution in [3.8, 4) is 6.07 Å². The molecule has 2 aliphatic heterocycles. The molecule has 0 bridgehead atoms. The molecule has 4 N–H and O–H groups in total. The first-order chi connectivity index (χ1) is 11.6. The van der Waals surface area contributed by atoms with Crippen molar-refractivity contribution in [1.82, 2.24) is 4.90 Å². The first-order valence-corrected chi connectivity index (χ1v) is 7.95. The molecule has 1 atom stereocenters. The second kappa shape index (κ2) is 6.84. The Morgan fingerprint density at radius 1 is 1.42 bits per heavy atom. The lowest BCUT2D eigenvalue weighted by atomic mass is 10.1. The number of nitrogens with one attached hydrogen (secondary N) is 2. The molecule has 126 valence electrons. The molecular weight excluding hydrogens is 309 g/mol. The molecule has 2 saturated heterocycles. The van der Waals surface area contributed by atoms with E-state index in [0.29, 0.717) is 17.4 Å². The van der Waals surface area contributed by atoms with E-state index in [1.165, 1.54) is 18.9 Å². The fourth-order valence-corrected chi connectivity index (χ4v) is 3.31. The van der Waals surface area contributed by atoms with Crippen molar-refractivity contribution in [3.63, 3.8) is 0 Å². The van der Waals surface area contributed by atoms with E-state index in [-0.39, 0.29) is 11.5 Å². The van der Waals surface area contributed by atoms with Crippen molar-refractivity contribution in [3.05, 3.63) is 24.0 Å². The molecule has 1 aromatic rings. The highest BCUT2D eigenvalue weighted by Gasteiger charge is 2.31. The zero-order chi connectivity index (χ0) is 17.1. The van der Waals surface area contributed by atoms with E-state index in [2.05, 4.69) is 20.3 Å². The number of nitrogens with two attached hydrogens (primary N) is 1. The number of nitrogens with zero attached hydrogens (tertiary/aromatic N) is 4. The number of hydrogen-bond donors (Lipinski definition) is 3. The molecule has 0 saturated carbocycles. The lowest BCUT2D eigenvalue weighted by Crippen LogP contribution is -2.50. The molecule has 0 aromatic heterocycles. The smallest absolute Gasteiger partial charge is 0.201 e. The summed E-state index contributed by atoms with van der Waals surface area (Å²) in [5.74, 6) is -0.764. The largest absolute Gasteiger partial charge is 0.382 e. The topological polar surface area (TPSA) is 105 Å². The van der Waals surface area contributed by atoms with E-state index in [9.17, 15) is 4.39 Å². The number of fused-ring (bicyclic) bond motifs is 1. The van der Waals surface area contributed by atoms with Gasteiger partial charge in [0.1, 0.15) is 11.9 Å². The summed E-state index contributed by atoms with van der Waals surface area (Å²) >= 11 is 0. The van der Waals surface area contributed by atoms with E-state index < -0.39 is 5.84 Å². The first kappa shape index (κ1) is 16.2. The van der Waals surface area contributed by atoms with E-state index in [1.54, 1.807) is 18.2 Å². The van der Waals surface area contributed by atoms with Gasteiger partial charge in [0.15, 0.2) is 5.84 Å². The van der Waals surface area contributed by atoms with Crippen LogP contribution in [0.2, 0.25) is 0 Å². The summed E-state index contributed by atoms with van der Waals surface area (Å²) in [5.41, 5.74) is 8.53. The van der Waals surface area contributed by atoms with Gasteiger partial charge in [-0.05, 0) is 31.5 Å². The Bertz CT molecular complexity index is 709. The van der Waals surface area contributed by atoms with Crippen LogP contribution in [-0.2, 0) is 0 Å². The lowest BCUT2D eigenvalue weighted by molar-refractivity contribution is 0.230. The van der Waals surface area contributed by atoms with Crippen LogP contribution in [0, 0.1) is 22.6 Å². The van der Waals surface area contributed by atoms with Gasteiger partial charge in [0, 0.05) is 31.7 Å². The highest BCUT2D eigenvalue weighted by atomic mass is 19.1. The van der Waals surface area contributed by atoms with Crippen molar-refractivity contribution < 1.29 is 4.39 Å². The minimum Gasteiger partial charge on any atom is -0.382 e. The predicted molar refractivity (Wildman–Crippen MR) is 91.8 cm³/mol. The number of rotatable bonds is 4. The highest BCUT2D eigenvalue weighted by Crippen LogP contribution is 2.28. The van der Waals surface area contributed by atoms with Crippen molar-refractivity contribution in [2.45, 2.75) is 18.9 Å². The second-order valence-electron chi connectivity index (χ2n) is 6.04. The zero-order valence-corrected chi connectivity index (χ0v) is 13.3. The number of halogens is 1. The molecule has 1 unspecified atom stereocenters. The van der Waals surface area contributed by atoms with Gasteiger partial charge in [-0.25, -0.2) is 4.39 Å². The molecular formula is C16H20FN7. The van der Waals surface area contributed by atoms with Crippen LogP contribution in [0.3, 0.4) is 0 Å². The summed E-state index contributed by atoms with van der Waals surface area (Å²) in [6, 6.07) is 6.99. The number of amidine groups is 1. The van der Waals surface area contributed by atoms with Gasteiger partial charge >= 0.3 is 0 Å². The maximum Gasteiger partial charge on any atom is 0.201 e. The van der Waals surface area contributed by atoms with Crippen molar-refractivity contribution in [2.24, 2.45) is 10.8 Å².